The molecule has 29 heavy (non-hydrogen) atoms. The second kappa shape index (κ2) is 8.66. The second-order valence-electron chi connectivity index (χ2n) is 6.73. The molecule has 1 aromatic heterocycles. The first-order valence-electron chi connectivity index (χ1n) is 9.05. The zero-order valence-electron chi connectivity index (χ0n) is 15.8. The molecule has 0 radical (unpaired) electrons. The summed E-state index contributed by atoms with van der Waals surface area (Å²) in [5.41, 5.74) is 0.332. The van der Waals surface area contributed by atoms with Gasteiger partial charge in [-0.1, -0.05) is 0 Å². The fourth-order valence-corrected chi connectivity index (χ4v) is 4.57. The molecule has 3 rings (SSSR count). The van der Waals surface area contributed by atoms with E-state index in [0.29, 0.717) is 18.5 Å². The van der Waals surface area contributed by atoms with Crippen LogP contribution in [0.4, 0.5) is 15.8 Å². The van der Waals surface area contributed by atoms with Crippen LogP contribution in [0.2, 0.25) is 0 Å². The normalized spacial score (nSPS) is 15.7. The van der Waals surface area contributed by atoms with E-state index in [4.69, 9.17) is 0 Å². The number of nitrogens with zero attached hydrogens (tertiary/aromatic N) is 2. The van der Waals surface area contributed by atoms with Gasteiger partial charge in [-0.25, -0.2) is 12.8 Å². The molecule has 1 aliphatic rings. The van der Waals surface area contributed by atoms with Crippen LogP contribution in [0.3, 0.4) is 0 Å². The van der Waals surface area contributed by atoms with E-state index in [9.17, 15) is 22.4 Å². The largest absolute Gasteiger partial charge is 0.326 e. The topological polar surface area (TPSA) is 108 Å². The van der Waals surface area contributed by atoms with Crippen molar-refractivity contribution >= 4 is 33.2 Å². The SMILES string of the molecule is CC(=O)Nc1cc(NC(=O)C2CCN(S(=O)(=O)c3cccnc3)CC2)ccc1F. The van der Waals surface area contributed by atoms with Gasteiger partial charge in [-0.05, 0) is 43.2 Å². The first-order chi connectivity index (χ1) is 13.8. The number of carbonyl (C=O) groups is 2. The Morgan fingerprint density at radius 2 is 1.90 bits per heavy atom. The smallest absolute Gasteiger partial charge is 0.244 e. The van der Waals surface area contributed by atoms with Crippen LogP contribution < -0.4 is 10.6 Å². The molecule has 0 spiro atoms. The number of rotatable bonds is 5. The Kier molecular flexibility index (Phi) is 6.23. The van der Waals surface area contributed by atoms with Crippen LogP contribution >= 0.6 is 0 Å². The van der Waals surface area contributed by atoms with Crippen LogP contribution in [0.25, 0.3) is 0 Å². The Hall–Kier alpha value is -2.85. The van der Waals surface area contributed by atoms with E-state index in [0.717, 1.165) is 6.07 Å². The molecule has 0 atom stereocenters. The molecule has 1 saturated heterocycles. The molecule has 1 fully saturated rings. The van der Waals surface area contributed by atoms with Gasteiger partial charge >= 0.3 is 0 Å². The van der Waals surface area contributed by atoms with Crippen molar-refractivity contribution in [2.45, 2.75) is 24.7 Å². The molecule has 0 aliphatic carbocycles. The highest BCUT2D eigenvalue weighted by molar-refractivity contribution is 7.89. The lowest BCUT2D eigenvalue weighted by Crippen LogP contribution is -2.41. The van der Waals surface area contributed by atoms with Gasteiger partial charge < -0.3 is 10.6 Å². The van der Waals surface area contributed by atoms with Gasteiger partial charge in [-0.15, -0.1) is 0 Å². The van der Waals surface area contributed by atoms with Gasteiger partial charge in [0.25, 0.3) is 0 Å². The molecule has 1 aliphatic heterocycles. The summed E-state index contributed by atoms with van der Waals surface area (Å²) in [4.78, 5) is 27.6. The number of sulfonamides is 1. The lowest BCUT2D eigenvalue weighted by Gasteiger charge is -2.30. The molecule has 154 valence electrons. The van der Waals surface area contributed by atoms with E-state index in [1.54, 1.807) is 6.07 Å². The Labute approximate surface area is 168 Å². The highest BCUT2D eigenvalue weighted by Gasteiger charge is 2.32. The number of amides is 2. The van der Waals surface area contributed by atoms with E-state index in [2.05, 4.69) is 15.6 Å². The number of hydrogen-bond donors (Lipinski definition) is 2. The van der Waals surface area contributed by atoms with Crippen LogP contribution in [-0.4, -0.2) is 42.6 Å². The van der Waals surface area contributed by atoms with Crippen molar-refractivity contribution in [2.75, 3.05) is 23.7 Å². The third-order valence-electron chi connectivity index (χ3n) is 4.64. The van der Waals surface area contributed by atoms with Gasteiger partial charge in [0.15, 0.2) is 0 Å². The number of aromatic nitrogens is 1. The number of anilines is 2. The lowest BCUT2D eigenvalue weighted by atomic mass is 9.97. The maximum atomic E-state index is 13.7. The predicted molar refractivity (Wildman–Crippen MR) is 105 cm³/mol. The van der Waals surface area contributed by atoms with Crippen molar-refractivity contribution in [1.29, 1.82) is 0 Å². The zero-order valence-corrected chi connectivity index (χ0v) is 16.6. The van der Waals surface area contributed by atoms with Crippen molar-refractivity contribution in [3.8, 4) is 0 Å². The van der Waals surface area contributed by atoms with Gasteiger partial charge in [0.05, 0.1) is 5.69 Å². The monoisotopic (exact) mass is 420 g/mol. The average molecular weight is 420 g/mol. The molecule has 1 aromatic carbocycles. The summed E-state index contributed by atoms with van der Waals surface area (Å²) >= 11 is 0. The Bertz CT molecular complexity index is 1010. The number of halogens is 1. The molecule has 0 unspecified atom stereocenters. The predicted octanol–water partition coefficient (Wildman–Crippen LogP) is 2.22. The summed E-state index contributed by atoms with van der Waals surface area (Å²) in [6.07, 6.45) is 3.54. The van der Waals surface area contributed by atoms with E-state index in [-0.39, 0.29) is 35.5 Å². The molecule has 10 heteroatoms. The number of hydrogen-bond acceptors (Lipinski definition) is 5. The number of nitrogens with one attached hydrogen (secondary N) is 2. The van der Waals surface area contributed by atoms with Gasteiger partial charge in [0.1, 0.15) is 10.7 Å². The fraction of sp³-hybridized carbons (Fsp3) is 0.316. The maximum absolute atomic E-state index is 13.7. The van der Waals surface area contributed by atoms with Crippen LogP contribution in [0.1, 0.15) is 19.8 Å². The number of carbonyl (C=O) groups excluding carboxylic acids is 2. The molecule has 8 nitrogen and oxygen atoms in total. The van der Waals surface area contributed by atoms with E-state index in [1.165, 1.54) is 41.8 Å². The zero-order chi connectivity index (χ0) is 21.0. The van der Waals surface area contributed by atoms with Crippen molar-refractivity contribution in [2.24, 2.45) is 5.92 Å². The first kappa shape index (κ1) is 20.9. The van der Waals surface area contributed by atoms with Crippen LogP contribution in [-0.2, 0) is 19.6 Å². The van der Waals surface area contributed by atoms with Crippen LogP contribution in [0, 0.1) is 11.7 Å². The quantitative estimate of drug-likeness (QED) is 0.771. The second-order valence-corrected chi connectivity index (χ2v) is 8.67. The Morgan fingerprint density at radius 3 is 2.52 bits per heavy atom. The van der Waals surface area contributed by atoms with E-state index in [1.807, 2.05) is 0 Å². The average Bonchev–Trinajstić information content (AvgIpc) is 2.71. The third kappa shape index (κ3) is 4.96. The van der Waals surface area contributed by atoms with E-state index >= 15 is 0 Å². The molecule has 0 bridgehead atoms. The van der Waals surface area contributed by atoms with Crippen molar-refractivity contribution in [1.82, 2.24) is 9.29 Å². The number of piperidine rings is 1. The minimum absolute atomic E-state index is 0.0207. The van der Waals surface area contributed by atoms with Gasteiger partial charge in [-0.2, -0.15) is 4.31 Å². The molecule has 2 amide bonds. The van der Waals surface area contributed by atoms with Gasteiger partial charge in [0, 0.05) is 44.0 Å². The maximum Gasteiger partial charge on any atom is 0.244 e. The molecule has 2 N–H and O–H groups in total. The molecule has 0 saturated carbocycles. The Balaban J connectivity index is 1.61. The summed E-state index contributed by atoms with van der Waals surface area (Å²) in [5.74, 6) is -1.67. The van der Waals surface area contributed by atoms with Gasteiger partial charge in [-0.3, -0.25) is 14.6 Å². The highest BCUT2D eigenvalue weighted by atomic mass is 32.2. The molecule has 2 aromatic rings. The fourth-order valence-electron chi connectivity index (χ4n) is 3.14. The minimum atomic E-state index is -3.63. The van der Waals surface area contributed by atoms with Gasteiger partial charge in [0.2, 0.25) is 21.8 Å². The van der Waals surface area contributed by atoms with Crippen molar-refractivity contribution < 1.29 is 22.4 Å². The van der Waals surface area contributed by atoms with Crippen molar-refractivity contribution in [3.05, 3.63) is 48.5 Å². The van der Waals surface area contributed by atoms with Crippen LogP contribution in [0.15, 0.2) is 47.6 Å². The molecule has 2 heterocycles. The summed E-state index contributed by atoms with van der Waals surface area (Å²) in [5, 5.41) is 5.06. The first-order valence-corrected chi connectivity index (χ1v) is 10.5. The molecular weight excluding hydrogens is 399 g/mol. The standard InChI is InChI=1S/C19H21FN4O4S/c1-13(25)22-18-11-15(4-5-17(18)20)23-19(26)14-6-9-24(10-7-14)29(27,28)16-3-2-8-21-12-16/h2-5,8,11-12,14H,6-7,9-10H2,1H3,(H,22,25)(H,23,26). The molecular formula is C19H21FN4O4S. The van der Waals surface area contributed by atoms with E-state index < -0.39 is 21.7 Å². The summed E-state index contributed by atoms with van der Waals surface area (Å²) < 4.78 is 40.3. The number of benzene rings is 1. The number of pyridine rings is 1. The third-order valence-corrected chi connectivity index (χ3v) is 6.52. The minimum Gasteiger partial charge on any atom is -0.326 e. The summed E-state index contributed by atoms with van der Waals surface area (Å²) in [7, 11) is -3.63. The Morgan fingerprint density at radius 1 is 1.17 bits per heavy atom. The summed E-state index contributed by atoms with van der Waals surface area (Å²) in [6, 6.07) is 6.95. The van der Waals surface area contributed by atoms with Crippen molar-refractivity contribution in [3.63, 3.8) is 0 Å². The lowest BCUT2D eigenvalue weighted by molar-refractivity contribution is -0.121. The summed E-state index contributed by atoms with van der Waals surface area (Å²) in [6.45, 7) is 1.70. The highest BCUT2D eigenvalue weighted by Crippen LogP contribution is 2.25. The van der Waals surface area contributed by atoms with Crippen LogP contribution in [0.5, 0.6) is 0 Å².